The van der Waals surface area contributed by atoms with Crippen molar-refractivity contribution in [3.05, 3.63) is 228 Å². The number of carbonyl (C=O) groups is 5. The van der Waals surface area contributed by atoms with Gasteiger partial charge in [0.25, 0.3) is 0 Å². The van der Waals surface area contributed by atoms with Crippen LogP contribution >= 0.6 is 23.5 Å². The van der Waals surface area contributed by atoms with E-state index in [0.29, 0.717) is 12.2 Å². The molecule has 1 fully saturated rings. The van der Waals surface area contributed by atoms with Crippen LogP contribution in [0.3, 0.4) is 0 Å². The van der Waals surface area contributed by atoms with Crippen molar-refractivity contribution in [2.75, 3.05) is 11.5 Å². The quantitative estimate of drug-likeness (QED) is 0.0345. The number of benzene rings is 6. The van der Waals surface area contributed by atoms with Gasteiger partial charge in [-0.3, -0.25) is 19.2 Å². The lowest BCUT2D eigenvalue weighted by Crippen LogP contribution is -2.59. The van der Waals surface area contributed by atoms with E-state index < -0.39 is 75.3 Å². The molecular formula is C59H62N4O6S2. The summed E-state index contributed by atoms with van der Waals surface area (Å²) in [6.07, 6.45) is 2.84. The van der Waals surface area contributed by atoms with Gasteiger partial charge in [0.15, 0.2) is 0 Å². The van der Waals surface area contributed by atoms with Crippen LogP contribution in [0.5, 0.6) is 0 Å². The number of ether oxygens (including phenoxy) is 1. The molecular weight excluding hydrogens is 925 g/mol. The van der Waals surface area contributed by atoms with Crippen LogP contribution in [0.15, 0.2) is 194 Å². The first-order valence-electron chi connectivity index (χ1n) is 24.1. The molecule has 0 bridgehead atoms. The van der Waals surface area contributed by atoms with E-state index in [1.54, 1.807) is 38.6 Å². The smallest absolute Gasteiger partial charge is 0.328 e. The summed E-state index contributed by atoms with van der Waals surface area (Å²) in [4.78, 5) is 70.2. The number of thioether (sulfide) groups is 2. The van der Waals surface area contributed by atoms with Gasteiger partial charge < -0.3 is 26.0 Å². The summed E-state index contributed by atoms with van der Waals surface area (Å²) in [5.41, 5.74) is 6.29. The van der Waals surface area contributed by atoms with Crippen LogP contribution in [0, 0.1) is 5.92 Å². The van der Waals surface area contributed by atoms with Crippen LogP contribution in [0.4, 0.5) is 0 Å². The fourth-order valence-electron chi connectivity index (χ4n) is 8.85. The molecule has 4 N–H and O–H groups in total. The maximum atomic E-state index is 14.5. The summed E-state index contributed by atoms with van der Waals surface area (Å²) in [5.74, 6) is -2.77. The van der Waals surface area contributed by atoms with Gasteiger partial charge in [-0.1, -0.05) is 202 Å². The highest BCUT2D eigenvalue weighted by Gasteiger charge is 2.40. The molecule has 1 aliphatic rings. The molecule has 6 aromatic carbocycles. The van der Waals surface area contributed by atoms with Crippen molar-refractivity contribution in [1.82, 2.24) is 21.3 Å². The Kier molecular flexibility index (Phi) is 18.1. The third-order valence-corrected chi connectivity index (χ3v) is 15.7. The first-order chi connectivity index (χ1) is 34.4. The molecule has 1 aliphatic heterocycles. The molecule has 4 amide bonds. The summed E-state index contributed by atoms with van der Waals surface area (Å²) in [5, 5.41) is 11.3. The molecule has 10 nitrogen and oxygen atoms in total. The first kappa shape index (κ1) is 51.9. The molecule has 71 heavy (non-hydrogen) atoms. The topological polar surface area (TPSA) is 143 Å². The monoisotopic (exact) mass is 986 g/mol. The van der Waals surface area contributed by atoms with Crippen molar-refractivity contribution < 1.29 is 28.7 Å². The van der Waals surface area contributed by atoms with Crippen molar-refractivity contribution in [3.63, 3.8) is 0 Å². The Balaban J connectivity index is 1.13. The van der Waals surface area contributed by atoms with Crippen LogP contribution in [-0.4, -0.2) is 71.4 Å². The molecule has 0 saturated carbocycles. The molecule has 5 atom stereocenters. The molecule has 0 radical (unpaired) electrons. The van der Waals surface area contributed by atoms with Gasteiger partial charge in [-0.2, -0.15) is 0 Å². The van der Waals surface area contributed by atoms with E-state index in [9.17, 15) is 24.0 Å². The van der Waals surface area contributed by atoms with E-state index in [-0.39, 0.29) is 12.2 Å². The Morgan fingerprint density at radius 3 is 1.34 bits per heavy atom. The van der Waals surface area contributed by atoms with Crippen molar-refractivity contribution >= 4 is 53.1 Å². The lowest BCUT2D eigenvalue weighted by molar-refractivity contribution is -0.152. The molecule has 0 unspecified atom stereocenters. The largest absolute Gasteiger partial charge is 0.456 e. The molecule has 7 rings (SSSR count). The number of rotatable bonds is 15. The van der Waals surface area contributed by atoms with Crippen LogP contribution in [-0.2, 0) is 38.2 Å². The summed E-state index contributed by atoms with van der Waals surface area (Å²) in [6.45, 7) is 6.63. The highest BCUT2D eigenvalue weighted by atomic mass is 32.2. The lowest BCUT2D eigenvalue weighted by Gasteiger charge is -2.37. The maximum Gasteiger partial charge on any atom is 0.328 e. The zero-order valence-corrected chi connectivity index (χ0v) is 42.2. The molecule has 12 heteroatoms. The van der Waals surface area contributed by atoms with E-state index in [2.05, 4.69) is 57.7 Å². The fourth-order valence-corrected chi connectivity index (χ4v) is 11.9. The zero-order valence-electron chi connectivity index (χ0n) is 40.5. The Hall–Kier alpha value is -6.89. The van der Waals surface area contributed by atoms with Crippen LogP contribution < -0.4 is 21.3 Å². The highest BCUT2D eigenvalue weighted by molar-refractivity contribution is 8.00. The fraction of sp³-hybridized carbons (Fsp3) is 0.271. The molecule has 6 aromatic rings. The Labute approximate surface area is 426 Å². The van der Waals surface area contributed by atoms with E-state index in [1.807, 2.05) is 152 Å². The highest BCUT2D eigenvalue weighted by Crippen LogP contribution is 2.50. The van der Waals surface area contributed by atoms with E-state index in [1.165, 1.54) is 18.7 Å². The summed E-state index contributed by atoms with van der Waals surface area (Å²) >= 11 is 3.27. The van der Waals surface area contributed by atoms with Gasteiger partial charge in [-0.25, -0.2) is 4.79 Å². The summed E-state index contributed by atoms with van der Waals surface area (Å²) in [6, 6.07) is 56.7. The maximum absolute atomic E-state index is 14.5. The molecule has 1 saturated heterocycles. The zero-order chi connectivity index (χ0) is 50.2. The Bertz CT molecular complexity index is 2520. The number of amides is 4. The number of esters is 1. The van der Waals surface area contributed by atoms with Crippen LogP contribution in [0.25, 0.3) is 0 Å². The minimum atomic E-state index is -1.16. The minimum Gasteiger partial charge on any atom is -0.456 e. The standard InChI is InChI=1S/C59H62N4O6S2/c1-41(2)53-56(67)61-43(4)57(68)69-50(37-23-24-38-70-58(44-25-11-5-12-26-44,45-27-13-6-14-28-45)46-29-15-7-16-30-46)39-52(64)60-42(3)54(65)62-51(55(66)63-53)40-71-59(47-31-17-8-18-32-47,48-33-19-9-20-34-48)49-35-21-10-22-36-49/h5-23,25-37,41-43,50-51,53H,24,38-40H2,1-4H3,(H,60,64)(H,61,67)(H,62,65)(H,63,66)/t42-,43-,50-,51-,53-/m1/s1. The second-order valence-corrected chi connectivity index (χ2v) is 20.5. The first-order valence-corrected chi connectivity index (χ1v) is 26.1. The number of hydrogen-bond acceptors (Lipinski definition) is 8. The van der Waals surface area contributed by atoms with E-state index >= 15 is 0 Å². The summed E-state index contributed by atoms with van der Waals surface area (Å²) < 4.78 is 4.55. The predicted octanol–water partition coefficient (Wildman–Crippen LogP) is 9.33. The number of carbonyl (C=O) groups excluding carboxylic acids is 5. The van der Waals surface area contributed by atoms with Crippen molar-refractivity contribution in [1.29, 1.82) is 0 Å². The van der Waals surface area contributed by atoms with Gasteiger partial charge in [-0.15, -0.1) is 23.5 Å². The molecule has 0 spiro atoms. The van der Waals surface area contributed by atoms with Crippen molar-refractivity contribution in [3.8, 4) is 0 Å². The third kappa shape index (κ3) is 12.7. The minimum absolute atomic E-state index is 0.0698. The van der Waals surface area contributed by atoms with Crippen LogP contribution in [0.2, 0.25) is 0 Å². The van der Waals surface area contributed by atoms with Gasteiger partial charge in [0.1, 0.15) is 30.3 Å². The molecule has 0 aromatic heterocycles. The molecule has 1 heterocycles. The van der Waals surface area contributed by atoms with Gasteiger partial charge in [0, 0.05) is 5.75 Å². The van der Waals surface area contributed by atoms with Crippen molar-refractivity contribution in [2.45, 2.75) is 80.3 Å². The second kappa shape index (κ2) is 24.8. The second-order valence-electron chi connectivity index (χ2n) is 17.9. The normalized spacial score (nSPS) is 19.8. The van der Waals surface area contributed by atoms with Gasteiger partial charge in [-0.05, 0) is 71.4 Å². The summed E-state index contributed by atoms with van der Waals surface area (Å²) in [7, 11) is 0. The van der Waals surface area contributed by atoms with Crippen molar-refractivity contribution in [2.24, 2.45) is 5.92 Å². The average Bonchev–Trinajstić information content (AvgIpc) is 3.39. The SMILES string of the molecule is CC(C)[C@H]1NC(=O)[C@@H](CSC(c2ccccc2)(c2ccccc2)c2ccccc2)NC(=O)[C@@H](C)NC(=O)C[C@@H](C=CCCSC(c2ccccc2)(c2ccccc2)c2ccccc2)OC(=O)[C@@H](C)NC1=O. The molecule has 0 aliphatic carbocycles. The molecule has 366 valence electrons. The Morgan fingerprint density at radius 1 is 0.521 bits per heavy atom. The van der Waals surface area contributed by atoms with Crippen LogP contribution in [0.1, 0.15) is 73.9 Å². The number of nitrogens with one attached hydrogen (secondary N) is 4. The van der Waals surface area contributed by atoms with Gasteiger partial charge in [0.05, 0.1) is 15.9 Å². The number of cyclic esters (lactones) is 1. The van der Waals surface area contributed by atoms with E-state index in [0.717, 1.165) is 33.4 Å². The predicted molar refractivity (Wildman–Crippen MR) is 285 cm³/mol. The third-order valence-electron chi connectivity index (χ3n) is 12.5. The van der Waals surface area contributed by atoms with Gasteiger partial charge in [0.2, 0.25) is 23.6 Å². The van der Waals surface area contributed by atoms with E-state index in [4.69, 9.17) is 4.74 Å². The lowest BCUT2D eigenvalue weighted by atomic mass is 9.84. The number of hydrogen-bond donors (Lipinski definition) is 4. The number of allylic oxidation sites excluding steroid dienone is 1. The average molecular weight is 987 g/mol. The van der Waals surface area contributed by atoms with Gasteiger partial charge >= 0.3 is 5.97 Å². The Morgan fingerprint density at radius 2 is 0.930 bits per heavy atom.